The van der Waals surface area contributed by atoms with Crippen LogP contribution in [0.5, 0.6) is 0 Å². The van der Waals surface area contributed by atoms with Crippen LogP contribution in [-0.4, -0.2) is 29.3 Å². The first-order chi connectivity index (χ1) is 9.27. The average molecular weight is 353 g/mol. The van der Waals surface area contributed by atoms with Gasteiger partial charge in [-0.2, -0.15) is 13.2 Å². The molecule has 1 unspecified atom stereocenters. The number of methoxy groups -OCH3 is 1. The summed E-state index contributed by atoms with van der Waals surface area (Å²) in [4.78, 5) is 16.3. The number of anilines is 1. The van der Waals surface area contributed by atoms with Crippen molar-refractivity contribution in [2.24, 2.45) is 0 Å². The molecular formula is C11H8BrF3N2O3. The molecule has 1 atom stereocenters. The molecule has 20 heavy (non-hydrogen) atoms. The number of ether oxygens (including phenoxy) is 1. The van der Waals surface area contributed by atoms with Crippen molar-refractivity contribution in [2.75, 3.05) is 12.0 Å². The molecule has 0 saturated carbocycles. The Hall–Kier alpha value is -1.61. The van der Waals surface area contributed by atoms with Crippen molar-refractivity contribution in [3.8, 4) is 0 Å². The highest BCUT2D eigenvalue weighted by molar-refractivity contribution is 9.11. The van der Waals surface area contributed by atoms with Crippen molar-refractivity contribution in [2.45, 2.75) is 12.4 Å². The van der Waals surface area contributed by atoms with E-state index < -0.39 is 23.9 Å². The summed E-state index contributed by atoms with van der Waals surface area (Å²) in [7, 11) is 1.21. The minimum atomic E-state index is -4.57. The van der Waals surface area contributed by atoms with Crippen molar-refractivity contribution in [3.63, 3.8) is 0 Å². The number of hydrogen-bond donors (Lipinski definition) is 1. The highest BCUT2D eigenvalue weighted by Crippen LogP contribution is 2.35. The molecule has 0 aromatic carbocycles. The monoisotopic (exact) mass is 352 g/mol. The van der Waals surface area contributed by atoms with Gasteiger partial charge < -0.3 is 9.84 Å². The molecule has 1 aromatic rings. The van der Waals surface area contributed by atoms with Gasteiger partial charge >= 0.3 is 6.18 Å². The number of halogens is 4. The summed E-state index contributed by atoms with van der Waals surface area (Å²) in [5.41, 5.74) is -0.968. The lowest BCUT2D eigenvalue weighted by molar-refractivity contribution is -0.137. The Labute approximate surface area is 119 Å². The van der Waals surface area contributed by atoms with E-state index in [-0.39, 0.29) is 16.1 Å². The molecule has 2 rings (SSSR count). The lowest BCUT2D eigenvalue weighted by atomic mass is 10.2. The van der Waals surface area contributed by atoms with Gasteiger partial charge in [-0.05, 0) is 28.1 Å². The van der Waals surface area contributed by atoms with Gasteiger partial charge in [0.05, 0.1) is 17.2 Å². The first-order valence-corrected chi connectivity index (χ1v) is 6.05. The van der Waals surface area contributed by atoms with Crippen molar-refractivity contribution >= 4 is 27.7 Å². The van der Waals surface area contributed by atoms with Gasteiger partial charge in [0, 0.05) is 6.20 Å². The molecule has 0 bridgehead atoms. The van der Waals surface area contributed by atoms with Crippen molar-refractivity contribution < 1.29 is 27.8 Å². The number of carbonyl (C=O) groups excluding carboxylic acids is 1. The predicted octanol–water partition coefficient (Wildman–Crippen LogP) is 2.02. The number of aliphatic hydroxyl groups excluding tert-OH is 1. The van der Waals surface area contributed by atoms with E-state index in [0.717, 1.165) is 12.3 Å². The van der Waals surface area contributed by atoms with E-state index in [1.807, 2.05) is 0 Å². The quantitative estimate of drug-likeness (QED) is 0.884. The lowest BCUT2D eigenvalue weighted by Gasteiger charge is -2.20. The molecule has 5 nitrogen and oxygen atoms in total. The van der Waals surface area contributed by atoms with E-state index in [1.165, 1.54) is 7.11 Å². The maximum atomic E-state index is 12.6. The van der Waals surface area contributed by atoms with E-state index in [4.69, 9.17) is 4.74 Å². The highest BCUT2D eigenvalue weighted by atomic mass is 79.9. The molecule has 1 aromatic heterocycles. The van der Waals surface area contributed by atoms with Gasteiger partial charge in [-0.1, -0.05) is 0 Å². The van der Waals surface area contributed by atoms with Gasteiger partial charge in [-0.3, -0.25) is 9.69 Å². The molecule has 1 amide bonds. The first-order valence-electron chi connectivity index (χ1n) is 5.26. The van der Waals surface area contributed by atoms with Crippen LogP contribution in [0.3, 0.4) is 0 Å². The molecule has 0 fully saturated rings. The van der Waals surface area contributed by atoms with Gasteiger partial charge in [-0.15, -0.1) is 0 Å². The van der Waals surface area contributed by atoms with E-state index in [0.29, 0.717) is 11.0 Å². The molecule has 108 valence electrons. The molecule has 0 aliphatic carbocycles. The summed E-state index contributed by atoms with van der Waals surface area (Å²) in [6, 6.07) is 1.45. The Morgan fingerprint density at radius 3 is 2.65 bits per heavy atom. The van der Waals surface area contributed by atoms with E-state index in [1.54, 1.807) is 0 Å². The second-order valence-corrected chi connectivity index (χ2v) is 4.68. The smallest absolute Gasteiger partial charge is 0.416 e. The number of aromatic nitrogens is 1. The second kappa shape index (κ2) is 5.06. The average Bonchev–Trinajstić information content (AvgIpc) is 2.59. The number of rotatable bonds is 2. The van der Waals surface area contributed by atoms with E-state index in [2.05, 4.69) is 20.9 Å². The SMILES string of the molecule is COC1=C(Br)C(O)N(c2cc(C(F)(F)F)ccn2)C1=O. The minimum Gasteiger partial charge on any atom is -0.490 e. The number of alkyl halides is 3. The van der Waals surface area contributed by atoms with E-state index >= 15 is 0 Å². The number of pyridine rings is 1. The third-order valence-corrected chi connectivity index (χ3v) is 3.39. The van der Waals surface area contributed by atoms with Crippen molar-refractivity contribution in [1.82, 2.24) is 4.98 Å². The van der Waals surface area contributed by atoms with Crippen LogP contribution in [0.1, 0.15) is 5.56 Å². The Balaban J connectivity index is 2.42. The summed E-state index contributed by atoms with van der Waals surface area (Å²) in [6.07, 6.45) is -5.13. The van der Waals surface area contributed by atoms with Gasteiger partial charge in [0.25, 0.3) is 5.91 Å². The van der Waals surface area contributed by atoms with Crippen LogP contribution in [0.15, 0.2) is 28.6 Å². The van der Waals surface area contributed by atoms with Crippen LogP contribution in [-0.2, 0) is 15.7 Å². The number of carbonyl (C=O) groups is 1. The molecule has 0 radical (unpaired) electrons. The zero-order valence-corrected chi connectivity index (χ0v) is 11.6. The maximum Gasteiger partial charge on any atom is 0.416 e. The second-order valence-electron chi connectivity index (χ2n) is 3.83. The normalized spacial score (nSPS) is 19.8. The first kappa shape index (κ1) is 14.8. The Morgan fingerprint density at radius 2 is 2.15 bits per heavy atom. The minimum absolute atomic E-state index is 0.0317. The Morgan fingerprint density at radius 1 is 1.50 bits per heavy atom. The molecule has 2 heterocycles. The summed E-state index contributed by atoms with van der Waals surface area (Å²) in [5.74, 6) is -1.28. The molecular weight excluding hydrogens is 345 g/mol. The van der Waals surface area contributed by atoms with Crippen molar-refractivity contribution in [1.29, 1.82) is 0 Å². The fraction of sp³-hybridized carbons (Fsp3) is 0.273. The molecule has 0 spiro atoms. The third-order valence-electron chi connectivity index (χ3n) is 2.62. The largest absolute Gasteiger partial charge is 0.490 e. The number of aliphatic hydroxyl groups is 1. The van der Waals surface area contributed by atoms with Crippen LogP contribution in [0.4, 0.5) is 19.0 Å². The standard InChI is InChI=1S/C11H8BrF3N2O3/c1-20-8-7(12)9(18)17(10(8)19)6-4-5(2-3-16-6)11(13,14)15/h2-4,9,18H,1H3. The van der Waals surface area contributed by atoms with Crippen LogP contribution in [0.2, 0.25) is 0 Å². The maximum absolute atomic E-state index is 12.6. The van der Waals surface area contributed by atoms with E-state index in [9.17, 15) is 23.1 Å². The fourth-order valence-corrected chi connectivity index (χ4v) is 2.23. The number of amides is 1. The Bertz CT molecular complexity index is 589. The molecule has 9 heteroatoms. The van der Waals surface area contributed by atoms with Crippen LogP contribution in [0.25, 0.3) is 0 Å². The zero-order valence-electron chi connectivity index (χ0n) is 9.98. The fourth-order valence-electron chi connectivity index (χ4n) is 1.69. The third kappa shape index (κ3) is 2.38. The number of nitrogens with zero attached hydrogens (tertiary/aromatic N) is 2. The molecule has 1 N–H and O–H groups in total. The van der Waals surface area contributed by atoms with Gasteiger partial charge in [-0.25, -0.2) is 4.98 Å². The van der Waals surface area contributed by atoms with Crippen molar-refractivity contribution in [3.05, 3.63) is 34.1 Å². The van der Waals surface area contributed by atoms with Crippen LogP contribution < -0.4 is 4.90 Å². The summed E-state index contributed by atoms with van der Waals surface area (Å²) in [5, 5.41) is 9.88. The van der Waals surface area contributed by atoms with Gasteiger partial charge in [0.1, 0.15) is 5.82 Å². The summed E-state index contributed by atoms with van der Waals surface area (Å²) < 4.78 is 42.7. The molecule has 0 saturated heterocycles. The predicted molar refractivity (Wildman–Crippen MR) is 65.7 cm³/mol. The number of hydrogen-bond acceptors (Lipinski definition) is 4. The zero-order chi connectivity index (χ0) is 15.1. The van der Waals surface area contributed by atoms with Gasteiger partial charge in [0.2, 0.25) is 0 Å². The summed E-state index contributed by atoms with van der Waals surface area (Å²) >= 11 is 2.96. The van der Waals surface area contributed by atoms with Gasteiger partial charge in [0.15, 0.2) is 12.0 Å². The molecule has 1 aliphatic rings. The molecule has 1 aliphatic heterocycles. The summed E-state index contributed by atoms with van der Waals surface area (Å²) in [6.45, 7) is 0. The highest BCUT2D eigenvalue weighted by Gasteiger charge is 2.41. The van der Waals surface area contributed by atoms with Crippen LogP contribution in [0, 0.1) is 0 Å². The lowest BCUT2D eigenvalue weighted by Crippen LogP contribution is -2.36. The van der Waals surface area contributed by atoms with Crippen LogP contribution >= 0.6 is 15.9 Å². The topological polar surface area (TPSA) is 62.7 Å². The Kier molecular flexibility index (Phi) is 3.74.